The van der Waals surface area contributed by atoms with Crippen LogP contribution in [0, 0.1) is 0 Å². The average molecular weight is 1260 g/mol. The average Bonchev–Trinajstić information content (AvgIpc) is 3.54. The predicted octanol–water partition coefficient (Wildman–Crippen LogP) is 21.5. The van der Waals surface area contributed by atoms with Gasteiger partial charge in [-0.2, -0.15) is 0 Å². The van der Waals surface area contributed by atoms with E-state index in [-0.39, 0.29) is 30.0 Å². The van der Waals surface area contributed by atoms with Crippen molar-refractivity contribution in [1.29, 1.82) is 0 Å². The van der Waals surface area contributed by atoms with Gasteiger partial charge >= 0.3 is 30.0 Å². The molecule has 0 aliphatic rings. The van der Waals surface area contributed by atoms with E-state index in [0.29, 0.717) is 97.6 Å². The number of amides is 1. The molecule has 0 spiro atoms. The summed E-state index contributed by atoms with van der Waals surface area (Å²) in [7, 11) is 3.99. The van der Waals surface area contributed by atoms with Gasteiger partial charge in [-0.25, -0.2) is 4.79 Å². The predicted molar refractivity (Wildman–Crippen MR) is 371 cm³/mol. The highest BCUT2D eigenvalue weighted by Crippen LogP contribution is 2.19. The molecule has 0 aromatic rings. The van der Waals surface area contributed by atoms with Crippen molar-refractivity contribution < 1.29 is 52.4 Å². The molecule has 526 valence electrons. The fourth-order valence-electron chi connectivity index (χ4n) is 11.5. The molecule has 1 amide bonds. The summed E-state index contributed by atoms with van der Waals surface area (Å²) in [6.45, 7) is 8.67. The van der Waals surface area contributed by atoms with Crippen molar-refractivity contribution in [3.63, 3.8) is 0 Å². The van der Waals surface area contributed by atoms with Crippen LogP contribution in [0.2, 0.25) is 0 Å². The number of esters is 4. The van der Waals surface area contributed by atoms with Gasteiger partial charge in [0.05, 0.1) is 39.6 Å². The van der Waals surface area contributed by atoms with Crippen molar-refractivity contribution in [2.45, 2.75) is 392 Å². The Bertz CT molecular complexity index is 1420. The van der Waals surface area contributed by atoms with Gasteiger partial charge < -0.3 is 38.6 Å². The summed E-state index contributed by atoms with van der Waals surface area (Å²) in [4.78, 5) is 63.8. The Labute approximate surface area is 549 Å². The maximum Gasteiger partial charge on any atom is 0.407 e. The van der Waals surface area contributed by atoms with Gasteiger partial charge in [0.2, 0.25) is 0 Å². The Balaban J connectivity index is 3.92. The van der Waals surface area contributed by atoms with Crippen molar-refractivity contribution in [3.05, 3.63) is 0 Å². The third-order valence-electron chi connectivity index (χ3n) is 17.4. The first kappa shape index (κ1) is 86.1. The molecule has 0 saturated heterocycles. The quantitative estimate of drug-likeness (QED) is 0.0350. The number of nitrogens with one attached hydrogen (secondary N) is 1. The normalized spacial score (nSPS) is 11.4. The number of hydrogen-bond acceptors (Lipinski definition) is 12. The van der Waals surface area contributed by atoms with Crippen LogP contribution in [0.3, 0.4) is 0 Å². The summed E-state index contributed by atoms with van der Waals surface area (Å²) in [5.74, 6) is -0.287. The molecule has 0 radical (unpaired) electrons. The number of nitrogens with zero attached hydrogens (tertiary/aromatic N) is 1. The SMILES string of the molecule is CCCCCCCCCCCCOC(=O)CCCCCCCCCCCCCCCCC(=O)OCCCCC(CCCCOC(=O)CCCCCCCCCCCCCCCCC(=O)OCCCCCCCCCCCC)OC(=O)NCCOCCN(C)C. The largest absolute Gasteiger partial charge is 0.466 e. The molecule has 0 bridgehead atoms. The van der Waals surface area contributed by atoms with E-state index in [1.54, 1.807) is 0 Å². The highest BCUT2D eigenvalue weighted by molar-refractivity contribution is 5.70. The van der Waals surface area contributed by atoms with Crippen LogP contribution >= 0.6 is 0 Å². The van der Waals surface area contributed by atoms with Gasteiger partial charge in [0.1, 0.15) is 6.10 Å². The smallest absolute Gasteiger partial charge is 0.407 e. The number of carbonyl (C=O) groups is 5. The summed E-state index contributed by atoms with van der Waals surface area (Å²) in [5.41, 5.74) is 0. The molecule has 0 aromatic heterocycles. The number of alkyl carbamates (subject to hydrolysis) is 1. The lowest BCUT2D eigenvalue weighted by atomic mass is 10.0. The molecule has 0 aromatic carbocycles. The molecule has 13 heteroatoms. The van der Waals surface area contributed by atoms with Crippen LogP contribution in [0.25, 0.3) is 0 Å². The zero-order valence-corrected chi connectivity index (χ0v) is 59.2. The standard InChI is InChI=1S/C76H146N2O11/c1-5-7-9-11-13-15-33-39-45-53-65-85-72(79)59-47-41-35-29-25-21-17-19-23-27-31-37-43-49-61-74(81)87-67-55-51-57-71(89-76(83)77-63-69-84-70-64-78(3)4)58-52-56-68-88-75(82)62-50-44-38-32-28-24-20-18-22-26-30-36-42-48-60-73(80)86-66-54-46-40-34-16-14-12-10-8-6-2/h71H,5-70H2,1-4H3,(H,77,83). The van der Waals surface area contributed by atoms with E-state index in [0.717, 1.165) is 96.4 Å². The highest BCUT2D eigenvalue weighted by Gasteiger charge is 2.16. The van der Waals surface area contributed by atoms with E-state index >= 15 is 0 Å². The van der Waals surface area contributed by atoms with E-state index in [1.165, 1.54) is 231 Å². The van der Waals surface area contributed by atoms with Crippen LogP contribution < -0.4 is 5.32 Å². The number of ether oxygens (including phenoxy) is 6. The molecule has 1 N–H and O–H groups in total. The monoisotopic (exact) mass is 1260 g/mol. The molecule has 0 aliphatic heterocycles. The Morgan fingerprint density at radius 3 is 0.787 bits per heavy atom. The first-order valence-electron chi connectivity index (χ1n) is 38.5. The summed E-state index contributed by atoms with van der Waals surface area (Å²) in [5, 5.41) is 2.81. The second-order valence-corrected chi connectivity index (χ2v) is 26.5. The van der Waals surface area contributed by atoms with Crippen molar-refractivity contribution in [3.8, 4) is 0 Å². The van der Waals surface area contributed by atoms with Crippen LogP contribution in [-0.2, 0) is 47.6 Å². The van der Waals surface area contributed by atoms with E-state index in [4.69, 9.17) is 28.4 Å². The molecular weight excluding hydrogens is 1120 g/mol. The number of unbranched alkanes of at least 4 members (excludes halogenated alkanes) is 46. The summed E-state index contributed by atoms with van der Waals surface area (Å²) < 4.78 is 33.5. The molecule has 89 heavy (non-hydrogen) atoms. The van der Waals surface area contributed by atoms with Gasteiger partial charge in [-0.3, -0.25) is 19.2 Å². The minimum atomic E-state index is -0.454. The van der Waals surface area contributed by atoms with Gasteiger partial charge in [-0.05, 0) is 91.1 Å². The van der Waals surface area contributed by atoms with E-state index in [2.05, 4.69) is 19.2 Å². The Hall–Kier alpha value is -2.93. The van der Waals surface area contributed by atoms with Gasteiger partial charge in [0.15, 0.2) is 0 Å². The van der Waals surface area contributed by atoms with Gasteiger partial charge in [0, 0.05) is 38.8 Å². The van der Waals surface area contributed by atoms with Crippen molar-refractivity contribution in [2.75, 3.05) is 66.8 Å². The molecule has 0 atom stereocenters. The first-order valence-corrected chi connectivity index (χ1v) is 38.5. The zero-order chi connectivity index (χ0) is 64.7. The van der Waals surface area contributed by atoms with Crippen molar-refractivity contribution in [2.24, 2.45) is 0 Å². The number of likely N-dealkylation sites (N-methyl/N-ethyl adjacent to an activating group) is 1. The Kier molecular flexibility index (Phi) is 70.1. The van der Waals surface area contributed by atoms with E-state index in [9.17, 15) is 24.0 Å². The molecular formula is C76H146N2O11. The van der Waals surface area contributed by atoms with E-state index < -0.39 is 6.09 Å². The molecule has 0 aliphatic carbocycles. The summed E-state index contributed by atoms with van der Waals surface area (Å²) >= 11 is 0. The molecule has 0 heterocycles. The van der Waals surface area contributed by atoms with Crippen LogP contribution in [0.4, 0.5) is 4.79 Å². The lowest BCUT2D eigenvalue weighted by Gasteiger charge is -2.18. The molecule has 13 nitrogen and oxygen atoms in total. The number of hydrogen-bond donors (Lipinski definition) is 1. The van der Waals surface area contributed by atoms with Crippen LogP contribution in [0.1, 0.15) is 386 Å². The van der Waals surface area contributed by atoms with Crippen molar-refractivity contribution >= 4 is 30.0 Å². The minimum Gasteiger partial charge on any atom is -0.466 e. The van der Waals surface area contributed by atoms with Gasteiger partial charge in [-0.1, -0.05) is 284 Å². The number of rotatable bonds is 73. The molecule has 0 unspecified atom stereocenters. The van der Waals surface area contributed by atoms with Gasteiger partial charge in [0.25, 0.3) is 0 Å². The lowest BCUT2D eigenvalue weighted by Crippen LogP contribution is -2.32. The second kappa shape index (κ2) is 72.5. The van der Waals surface area contributed by atoms with Gasteiger partial charge in [-0.15, -0.1) is 0 Å². The molecule has 0 fully saturated rings. The Morgan fingerprint density at radius 2 is 0.528 bits per heavy atom. The number of carbonyl (C=O) groups excluding carboxylic acids is 5. The highest BCUT2D eigenvalue weighted by atomic mass is 16.6. The van der Waals surface area contributed by atoms with Crippen LogP contribution in [0.5, 0.6) is 0 Å². The topological polar surface area (TPSA) is 156 Å². The van der Waals surface area contributed by atoms with Crippen LogP contribution in [-0.4, -0.2) is 108 Å². The fourth-order valence-corrected chi connectivity index (χ4v) is 11.5. The first-order chi connectivity index (χ1) is 43.7. The lowest BCUT2D eigenvalue weighted by molar-refractivity contribution is -0.144. The zero-order valence-electron chi connectivity index (χ0n) is 59.2. The minimum absolute atomic E-state index is 0.0141. The maximum absolute atomic E-state index is 12.7. The van der Waals surface area contributed by atoms with Crippen molar-refractivity contribution in [1.82, 2.24) is 10.2 Å². The second-order valence-electron chi connectivity index (χ2n) is 26.5. The van der Waals surface area contributed by atoms with E-state index in [1.807, 2.05) is 19.0 Å². The fraction of sp³-hybridized carbons (Fsp3) is 0.934. The molecule has 0 rings (SSSR count). The Morgan fingerprint density at radius 1 is 0.292 bits per heavy atom. The summed E-state index contributed by atoms with van der Waals surface area (Å²) in [6, 6.07) is 0. The summed E-state index contributed by atoms with van der Waals surface area (Å²) in [6.07, 6.45) is 64.7. The molecule has 0 saturated carbocycles. The van der Waals surface area contributed by atoms with Crippen LogP contribution in [0.15, 0.2) is 0 Å². The third-order valence-corrected chi connectivity index (χ3v) is 17.4. The third kappa shape index (κ3) is 72.4. The maximum atomic E-state index is 12.7.